The van der Waals surface area contributed by atoms with Crippen LogP contribution in [0.25, 0.3) is 5.57 Å². The Hall–Kier alpha value is -3.39. The lowest BCUT2D eigenvalue weighted by Crippen LogP contribution is -2.17. The molecule has 0 fully saturated rings. The molecule has 0 spiro atoms. The number of benzene rings is 2. The van der Waals surface area contributed by atoms with Crippen LogP contribution in [0.3, 0.4) is 0 Å². The molecular weight excluding hydrogens is 278 g/mol. The molecule has 0 bridgehead atoms. The van der Waals surface area contributed by atoms with Gasteiger partial charge in [-0.25, -0.2) is 0 Å². The Morgan fingerprint density at radius 1 is 1.05 bits per heavy atom. The highest BCUT2D eigenvalue weighted by Gasteiger charge is 2.30. The van der Waals surface area contributed by atoms with Gasteiger partial charge in [0.05, 0.1) is 5.57 Å². The molecule has 1 aliphatic heterocycles. The summed E-state index contributed by atoms with van der Waals surface area (Å²) >= 11 is 0. The van der Waals surface area contributed by atoms with Gasteiger partial charge in [0.15, 0.2) is 0 Å². The Morgan fingerprint density at radius 2 is 1.73 bits per heavy atom. The molecule has 0 radical (unpaired) electrons. The third kappa shape index (κ3) is 2.34. The number of hydrogen-bond donors (Lipinski definition) is 2. The lowest BCUT2D eigenvalue weighted by Gasteiger charge is -2.05. The van der Waals surface area contributed by atoms with Gasteiger partial charge in [0.2, 0.25) is 0 Å². The first-order chi connectivity index (χ1) is 10.7. The molecule has 2 amide bonds. The molecular formula is C17H11N3O2. The van der Waals surface area contributed by atoms with E-state index >= 15 is 0 Å². The molecule has 1 heterocycles. The van der Waals surface area contributed by atoms with Crippen molar-refractivity contribution in [1.29, 1.82) is 5.26 Å². The maximum atomic E-state index is 12.3. The van der Waals surface area contributed by atoms with E-state index in [1.807, 2.05) is 12.1 Å². The topological polar surface area (TPSA) is 82.0 Å². The van der Waals surface area contributed by atoms with Crippen LogP contribution in [0.1, 0.15) is 5.56 Å². The number of para-hydroxylation sites is 2. The van der Waals surface area contributed by atoms with Crippen molar-refractivity contribution in [2.24, 2.45) is 0 Å². The third-order valence-electron chi connectivity index (χ3n) is 3.29. The van der Waals surface area contributed by atoms with Crippen molar-refractivity contribution >= 4 is 28.8 Å². The Labute approximate surface area is 126 Å². The fraction of sp³-hybridized carbons (Fsp3) is 0. The largest absolute Gasteiger partial charge is 0.321 e. The minimum Gasteiger partial charge on any atom is -0.321 e. The van der Waals surface area contributed by atoms with Crippen LogP contribution in [0.5, 0.6) is 0 Å². The van der Waals surface area contributed by atoms with Crippen LogP contribution in [0, 0.1) is 11.3 Å². The normalized spacial score (nSPS) is 14.6. The van der Waals surface area contributed by atoms with Crippen LogP contribution in [-0.2, 0) is 9.59 Å². The minimum atomic E-state index is -0.601. The molecule has 0 aromatic heterocycles. The molecule has 22 heavy (non-hydrogen) atoms. The fourth-order valence-electron chi connectivity index (χ4n) is 2.30. The first kappa shape index (κ1) is 13.6. The van der Waals surface area contributed by atoms with Gasteiger partial charge >= 0.3 is 0 Å². The molecule has 2 aromatic carbocycles. The molecule has 0 atom stereocenters. The van der Waals surface area contributed by atoms with Gasteiger partial charge in [0.25, 0.3) is 11.8 Å². The van der Waals surface area contributed by atoms with Crippen molar-refractivity contribution in [3.63, 3.8) is 0 Å². The highest BCUT2D eigenvalue weighted by molar-refractivity contribution is 6.37. The van der Waals surface area contributed by atoms with Crippen molar-refractivity contribution in [1.82, 2.24) is 0 Å². The standard InChI is InChI=1S/C17H11N3O2/c18-10-13(16(21)19-11-6-2-1-3-7-11)15-12-8-4-5-9-14(12)20-17(15)22/h1-9H,(H,19,21)(H,20,22)/b15-13-. The summed E-state index contributed by atoms with van der Waals surface area (Å²) in [5.41, 5.74) is 1.63. The summed E-state index contributed by atoms with van der Waals surface area (Å²) in [7, 11) is 0. The van der Waals surface area contributed by atoms with E-state index in [1.54, 1.807) is 48.5 Å². The molecule has 2 N–H and O–H groups in total. The summed E-state index contributed by atoms with van der Waals surface area (Å²) in [6.45, 7) is 0. The fourth-order valence-corrected chi connectivity index (χ4v) is 2.30. The smallest absolute Gasteiger partial charge is 0.267 e. The zero-order valence-electron chi connectivity index (χ0n) is 11.5. The molecule has 106 valence electrons. The predicted octanol–water partition coefficient (Wildman–Crippen LogP) is 2.55. The van der Waals surface area contributed by atoms with Gasteiger partial charge in [-0.2, -0.15) is 5.26 Å². The van der Waals surface area contributed by atoms with E-state index in [2.05, 4.69) is 10.6 Å². The zero-order chi connectivity index (χ0) is 15.5. The molecule has 0 unspecified atom stereocenters. The quantitative estimate of drug-likeness (QED) is 0.658. The Bertz CT molecular complexity index is 832. The minimum absolute atomic E-state index is 0.103. The van der Waals surface area contributed by atoms with Gasteiger partial charge in [-0.05, 0) is 18.2 Å². The first-order valence-corrected chi connectivity index (χ1v) is 6.62. The van der Waals surface area contributed by atoms with E-state index in [4.69, 9.17) is 0 Å². The van der Waals surface area contributed by atoms with Crippen LogP contribution < -0.4 is 10.6 Å². The average molecular weight is 289 g/mol. The number of anilines is 2. The Morgan fingerprint density at radius 3 is 2.45 bits per heavy atom. The second-order valence-corrected chi connectivity index (χ2v) is 4.68. The van der Waals surface area contributed by atoms with Crippen molar-refractivity contribution in [2.45, 2.75) is 0 Å². The summed E-state index contributed by atoms with van der Waals surface area (Å²) < 4.78 is 0. The van der Waals surface area contributed by atoms with Crippen LogP contribution >= 0.6 is 0 Å². The second kappa shape index (κ2) is 5.54. The summed E-state index contributed by atoms with van der Waals surface area (Å²) in [5.74, 6) is -1.04. The third-order valence-corrected chi connectivity index (χ3v) is 3.29. The van der Waals surface area contributed by atoms with E-state index in [-0.39, 0.29) is 11.1 Å². The van der Waals surface area contributed by atoms with Gasteiger partial charge in [-0.1, -0.05) is 36.4 Å². The highest BCUT2D eigenvalue weighted by atomic mass is 16.2. The van der Waals surface area contributed by atoms with Crippen LogP contribution in [-0.4, -0.2) is 11.8 Å². The maximum absolute atomic E-state index is 12.3. The number of carbonyl (C=O) groups excluding carboxylic acids is 2. The number of fused-ring (bicyclic) bond motifs is 1. The number of nitrogens with zero attached hydrogens (tertiary/aromatic N) is 1. The number of hydrogen-bond acceptors (Lipinski definition) is 3. The van der Waals surface area contributed by atoms with Gasteiger partial charge in [0.1, 0.15) is 11.6 Å². The molecule has 5 heteroatoms. The van der Waals surface area contributed by atoms with Crippen molar-refractivity contribution in [3.8, 4) is 6.07 Å². The van der Waals surface area contributed by atoms with Crippen molar-refractivity contribution < 1.29 is 9.59 Å². The molecule has 1 aliphatic rings. The molecule has 0 saturated carbocycles. The second-order valence-electron chi connectivity index (χ2n) is 4.68. The van der Waals surface area contributed by atoms with Gasteiger partial charge < -0.3 is 10.6 Å². The number of nitriles is 1. The van der Waals surface area contributed by atoms with E-state index in [0.717, 1.165) is 0 Å². The van der Waals surface area contributed by atoms with Gasteiger partial charge in [-0.3, -0.25) is 9.59 Å². The average Bonchev–Trinajstić information content (AvgIpc) is 2.86. The maximum Gasteiger partial charge on any atom is 0.267 e. The Balaban J connectivity index is 2.02. The van der Waals surface area contributed by atoms with E-state index in [0.29, 0.717) is 16.9 Å². The molecule has 0 saturated heterocycles. The number of carbonyl (C=O) groups is 2. The van der Waals surface area contributed by atoms with Gasteiger partial charge in [-0.15, -0.1) is 0 Å². The van der Waals surface area contributed by atoms with Crippen LogP contribution in [0.15, 0.2) is 60.2 Å². The Kier molecular flexibility index (Phi) is 3.42. The van der Waals surface area contributed by atoms with Crippen molar-refractivity contribution in [2.75, 3.05) is 10.6 Å². The number of rotatable bonds is 2. The predicted molar refractivity (Wildman–Crippen MR) is 82.7 cm³/mol. The SMILES string of the molecule is N#C/C(C(=O)Nc1ccccc1)=C1/C(=O)Nc2ccccc21. The van der Waals surface area contributed by atoms with E-state index in [1.165, 1.54) is 0 Å². The summed E-state index contributed by atoms with van der Waals surface area (Å²) in [5, 5.41) is 14.6. The molecule has 0 aliphatic carbocycles. The van der Waals surface area contributed by atoms with Crippen LogP contribution in [0.4, 0.5) is 11.4 Å². The summed E-state index contributed by atoms with van der Waals surface area (Å²) in [6.07, 6.45) is 0. The number of nitrogens with one attached hydrogen (secondary N) is 2. The summed E-state index contributed by atoms with van der Waals surface area (Å²) in [6, 6.07) is 17.6. The monoisotopic (exact) mass is 289 g/mol. The number of amides is 2. The van der Waals surface area contributed by atoms with Crippen molar-refractivity contribution in [3.05, 3.63) is 65.7 Å². The zero-order valence-corrected chi connectivity index (χ0v) is 11.5. The lowest BCUT2D eigenvalue weighted by atomic mass is 10.0. The molecule has 3 rings (SSSR count). The van der Waals surface area contributed by atoms with Gasteiger partial charge in [0, 0.05) is 16.9 Å². The van der Waals surface area contributed by atoms with E-state index in [9.17, 15) is 14.9 Å². The first-order valence-electron chi connectivity index (χ1n) is 6.62. The van der Waals surface area contributed by atoms with Crippen LogP contribution in [0.2, 0.25) is 0 Å². The molecule has 5 nitrogen and oxygen atoms in total. The summed E-state index contributed by atoms with van der Waals surface area (Å²) in [4.78, 5) is 24.4. The van der Waals surface area contributed by atoms with E-state index < -0.39 is 11.8 Å². The highest BCUT2D eigenvalue weighted by Crippen LogP contribution is 2.33. The lowest BCUT2D eigenvalue weighted by molar-refractivity contribution is -0.113. The molecule has 2 aromatic rings.